The van der Waals surface area contributed by atoms with Crippen LogP contribution in [-0.2, 0) is 4.79 Å². The number of amides is 2. The van der Waals surface area contributed by atoms with Crippen molar-refractivity contribution >= 4 is 23.3 Å². The van der Waals surface area contributed by atoms with E-state index in [4.69, 9.17) is 0 Å². The van der Waals surface area contributed by atoms with Crippen LogP contribution in [0, 0.1) is 13.8 Å². The van der Waals surface area contributed by atoms with Gasteiger partial charge in [-0.1, -0.05) is 6.07 Å². The average Bonchev–Trinajstić information content (AvgIpc) is 2.61. The quantitative estimate of drug-likeness (QED) is 0.915. The first-order chi connectivity index (χ1) is 12.4. The minimum Gasteiger partial charge on any atom is -0.339 e. The zero-order valence-corrected chi connectivity index (χ0v) is 15.3. The summed E-state index contributed by atoms with van der Waals surface area (Å²) in [5, 5.41) is 11.4. The van der Waals surface area contributed by atoms with Gasteiger partial charge in [-0.15, -0.1) is 10.2 Å². The number of piperazine rings is 1. The zero-order valence-electron chi connectivity index (χ0n) is 15.3. The van der Waals surface area contributed by atoms with Gasteiger partial charge < -0.3 is 15.1 Å². The van der Waals surface area contributed by atoms with Crippen molar-refractivity contribution in [2.24, 2.45) is 0 Å². The summed E-state index contributed by atoms with van der Waals surface area (Å²) in [5.41, 5.74) is 3.58. The third kappa shape index (κ3) is 4.17. The SMILES string of the molecule is CC(=O)N1CCN(C(=O)c2ccc(Nc3cc(C)cc(C)c3)nn2)CC1. The molecule has 0 saturated carbocycles. The summed E-state index contributed by atoms with van der Waals surface area (Å²) >= 11 is 0. The lowest BCUT2D eigenvalue weighted by Crippen LogP contribution is -2.50. The van der Waals surface area contributed by atoms with Crippen LogP contribution in [-0.4, -0.2) is 58.0 Å². The number of hydrogen-bond acceptors (Lipinski definition) is 5. The summed E-state index contributed by atoms with van der Waals surface area (Å²) in [6.45, 7) is 7.77. The molecule has 1 saturated heterocycles. The zero-order chi connectivity index (χ0) is 18.7. The molecule has 2 amide bonds. The van der Waals surface area contributed by atoms with Crippen molar-refractivity contribution in [3.8, 4) is 0 Å². The maximum absolute atomic E-state index is 12.5. The van der Waals surface area contributed by atoms with Crippen molar-refractivity contribution in [2.45, 2.75) is 20.8 Å². The van der Waals surface area contributed by atoms with E-state index in [-0.39, 0.29) is 11.8 Å². The minimum absolute atomic E-state index is 0.0405. The van der Waals surface area contributed by atoms with E-state index in [9.17, 15) is 9.59 Å². The van der Waals surface area contributed by atoms with Gasteiger partial charge in [-0.25, -0.2) is 0 Å². The fraction of sp³-hybridized carbons (Fsp3) is 0.368. The van der Waals surface area contributed by atoms with Crippen LogP contribution in [0.1, 0.15) is 28.5 Å². The maximum atomic E-state index is 12.5. The molecule has 1 fully saturated rings. The van der Waals surface area contributed by atoms with E-state index in [1.165, 1.54) is 0 Å². The van der Waals surface area contributed by atoms with Gasteiger partial charge in [0, 0.05) is 38.8 Å². The predicted octanol–water partition coefficient (Wildman–Crippen LogP) is 2.14. The number of anilines is 2. The van der Waals surface area contributed by atoms with E-state index in [2.05, 4.69) is 21.6 Å². The normalized spacial score (nSPS) is 14.3. The lowest BCUT2D eigenvalue weighted by atomic mass is 10.1. The van der Waals surface area contributed by atoms with Gasteiger partial charge >= 0.3 is 0 Å². The summed E-state index contributed by atoms with van der Waals surface area (Å²) in [6.07, 6.45) is 0. The van der Waals surface area contributed by atoms with E-state index in [0.717, 1.165) is 16.8 Å². The number of aryl methyl sites for hydroxylation is 2. The largest absolute Gasteiger partial charge is 0.339 e. The monoisotopic (exact) mass is 353 g/mol. The first kappa shape index (κ1) is 17.8. The summed E-state index contributed by atoms with van der Waals surface area (Å²) in [4.78, 5) is 27.4. The molecule has 7 heteroatoms. The molecule has 0 bridgehead atoms. The Kier molecular flexibility index (Phi) is 5.16. The summed E-state index contributed by atoms with van der Waals surface area (Å²) in [5.74, 6) is 0.477. The van der Waals surface area contributed by atoms with Gasteiger partial charge in [-0.05, 0) is 49.2 Å². The Morgan fingerprint density at radius 1 is 0.923 bits per heavy atom. The van der Waals surface area contributed by atoms with Crippen molar-refractivity contribution < 1.29 is 9.59 Å². The van der Waals surface area contributed by atoms with E-state index in [1.807, 2.05) is 26.0 Å². The Balaban J connectivity index is 1.64. The van der Waals surface area contributed by atoms with E-state index in [0.29, 0.717) is 37.7 Å². The van der Waals surface area contributed by atoms with Crippen molar-refractivity contribution in [1.82, 2.24) is 20.0 Å². The summed E-state index contributed by atoms with van der Waals surface area (Å²) < 4.78 is 0. The fourth-order valence-electron chi connectivity index (χ4n) is 3.09. The first-order valence-electron chi connectivity index (χ1n) is 8.66. The highest BCUT2D eigenvalue weighted by atomic mass is 16.2. The van der Waals surface area contributed by atoms with E-state index >= 15 is 0 Å². The molecule has 2 aromatic rings. The topological polar surface area (TPSA) is 78.4 Å². The molecule has 0 unspecified atom stereocenters. The lowest BCUT2D eigenvalue weighted by molar-refractivity contribution is -0.130. The van der Waals surface area contributed by atoms with Crippen LogP contribution in [0.15, 0.2) is 30.3 Å². The number of nitrogens with one attached hydrogen (secondary N) is 1. The molecule has 1 N–H and O–H groups in total. The number of aromatic nitrogens is 2. The van der Waals surface area contributed by atoms with Crippen LogP contribution in [0.4, 0.5) is 11.5 Å². The number of nitrogens with zero attached hydrogens (tertiary/aromatic N) is 4. The Morgan fingerprint density at radius 2 is 1.54 bits per heavy atom. The Hall–Kier alpha value is -2.96. The van der Waals surface area contributed by atoms with Crippen molar-refractivity contribution in [2.75, 3.05) is 31.5 Å². The van der Waals surface area contributed by atoms with Gasteiger partial charge in [-0.2, -0.15) is 0 Å². The smallest absolute Gasteiger partial charge is 0.274 e. The fourth-order valence-corrected chi connectivity index (χ4v) is 3.09. The molecule has 0 spiro atoms. The van der Waals surface area contributed by atoms with Crippen LogP contribution < -0.4 is 5.32 Å². The van der Waals surface area contributed by atoms with Crippen LogP contribution in [0.3, 0.4) is 0 Å². The van der Waals surface area contributed by atoms with Crippen molar-refractivity contribution in [3.63, 3.8) is 0 Å². The summed E-state index contributed by atoms with van der Waals surface area (Å²) in [6, 6.07) is 9.59. The van der Waals surface area contributed by atoms with Gasteiger partial charge in [0.2, 0.25) is 5.91 Å². The third-order valence-electron chi connectivity index (χ3n) is 4.39. The minimum atomic E-state index is -0.154. The van der Waals surface area contributed by atoms with Crippen molar-refractivity contribution in [1.29, 1.82) is 0 Å². The second kappa shape index (κ2) is 7.51. The first-order valence-corrected chi connectivity index (χ1v) is 8.66. The molecule has 0 aliphatic carbocycles. The van der Waals surface area contributed by atoms with Gasteiger partial charge in [-0.3, -0.25) is 9.59 Å². The number of rotatable bonds is 3. The van der Waals surface area contributed by atoms with E-state index < -0.39 is 0 Å². The Morgan fingerprint density at radius 3 is 2.08 bits per heavy atom. The van der Waals surface area contributed by atoms with Crippen LogP contribution >= 0.6 is 0 Å². The molecular weight excluding hydrogens is 330 g/mol. The molecule has 7 nitrogen and oxygen atoms in total. The lowest BCUT2D eigenvalue weighted by Gasteiger charge is -2.33. The number of hydrogen-bond donors (Lipinski definition) is 1. The second-order valence-corrected chi connectivity index (χ2v) is 6.60. The highest BCUT2D eigenvalue weighted by Gasteiger charge is 2.24. The Labute approximate surface area is 153 Å². The molecule has 1 aliphatic rings. The number of carbonyl (C=O) groups is 2. The van der Waals surface area contributed by atoms with Crippen LogP contribution in [0.5, 0.6) is 0 Å². The highest BCUT2D eigenvalue weighted by molar-refractivity contribution is 5.92. The number of benzene rings is 1. The predicted molar refractivity (Wildman–Crippen MR) is 99.4 cm³/mol. The molecule has 26 heavy (non-hydrogen) atoms. The van der Waals surface area contributed by atoms with Gasteiger partial charge in [0.1, 0.15) is 0 Å². The van der Waals surface area contributed by atoms with Crippen molar-refractivity contribution in [3.05, 3.63) is 47.2 Å². The molecule has 3 rings (SSSR count). The van der Waals surface area contributed by atoms with Crippen LogP contribution in [0.2, 0.25) is 0 Å². The number of carbonyl (C=O) groups excluding carboxylic acids is 2. The molecule has 2 heterocycles. The molecular formula is C19H23N5O2. The summed E-state index contributed by atoms with van der Waals surface area (Å²) in [7, 11) is 0. The molecule has 0 radical (unpaired) electrons. The molecule has 1 aromatic heterocycles. The second-order valence-electron chi connectivity index (χ2n) is 6.60. The average molecular weight is 353 g/mol. The van der Waals surface area contributed by atoms with E-state index in [1.54, 1.807) is 28.9 Å². The van der Waals surface area contributed by atoms with Gasteiger partial charge in [0.05, 0.1) is 0 Å². The van der Waals surface area contributed by atoms with Gasteiger partial charge in [0.15, 0.2) is 11.5 Å². The molecule has 136 valence electrons. The molecule has 0 atom stereocenters. The molecule has 1 aliphatic heterocycles. The maximum Gasteiger partial charge on any atom is 0.274 e. The molecule has 1 aromatic carbocycles. The Bertz CT molecular complexity index is 791. The standard InChI is InChI=1S/C19H23N5O2/c1-13-10-14(2)12-16(11-13)20-18-5-4-17(21-22-18)19(26)24-8-6-23(7-9-24)15(3)25/h4-5,10-12H,6-9H2,1-3H3,(H,20,22). The highest BCUT2D eigenvalue weighted by Crippen LogP contribution is 2.18. The third-order valence-corrected chi connectivity index (χ3v) is 4.39. The van der Waals surface area contributed by atoms with Crippen LogP contribution in [0.25, 0.3) is 0 Å². The van der Waals surface area contributed by atoms with Gasteiger partial charge in [0.25, 0.3) is 5.91 Å².